The number of aromatic nitrogens is 4. The second-order valence-electron chi connectivity index (χ2n) is 8.72. The van der Waals surface area contributed by atoms with E-state index >= 15 is 0 Å². The average Bonchev–Trinajstić information content (AvgIpc) is 3.44. The first-order valence-electron chi connectivity index (χ1n) is 11.5. The summed E-state index contributed by atoms with van der Waals surface area (Å²) in [5.41, 5.74) is 5.34. The maximum absolute atomic E-state index is 12.8. The number of pyridine rings is 1. The fourth-order valence-corrected chi connectivity index (χ4v) is 4.71. The largest absolute Gasteiger partial charge is 0.346 e. The number of hydrogen-bond acceptors (Lipinski definition) is 3. The summed E-state index contributed by atoms with van der Waals surface area (Å²) < 4.78 is 2.32. The third-order valence-electron chi connectivity index (χ3n) is 6.54. The second kappa shape index (κ2) is 9.39. The van der Waals surface area contributed by atoms with Crippen molar-refractivity contribution in [1.82, 2.24) is 24.6 Å². The van der Waals surface area contributed by atoms with E-state index in [9.17, 15) is 4.79 Å². The topological polar surface area (TPSA) is 66.8 Å². The number of rotatable bonds is 6. The van der Waals surface area contributed by atoms with E-state index in [1.165, 1.54) is 5.56 Å². The molecule has 0 saturated carbocycles. The molecular formula is C26H29N5O. The van der Waals surface area contributed by atoms with Gasteiger partial charge >= 0.3 is 0 Å². The Kier molecular flexibility index (Phi) is 6.01. The number of nitrogens with zero attached hydrogens (tertiary/aromatic N) is 4. The molecule has 1 saturated heterocycles. The van der Waals surface area contributed by atoms with Crippen LogP contribution < -0.4 is 0 Å². The molecule has 1 amide bonds. The van der Waals surface area contributed by atoms with Crippen LogP contribution in [0.15, 0.2) is 67.1 Å². The second-order valence-corrected chi connectivity index (χ2v) is 8.72. The van der Waals surface area contributed by atoms with Gasteiger partial charge in [0, 0.05) is 44.0 Å². The minimum Gasteiger partial charge on any atom is -0.346 e. The van der Waals surface area contributed by atoms with Gasteiger partial charge in [-0.1, -0.05) is 30.3 Å². The Morgan fingerprint density at radius 1 is 1.06 bits per heavy atom. The van der Waals surface area contributed by atoms with Crippen molar-refractivity contribution in [3.8, 4) is 11.3 Å². The van der Waals surface area contributed by atoms with E-state index < -0.39 is 0 Å². The molecule has 1 atom stereocenters. The number of H-pyrrole nitrogens is 1. The Hall–Kier alpha value is -3.41. The van der Waals surface area contributed by atoms with E-state index in [0.29, 0.717) is 12.3 Å². The fraction of sp³-hybridized carbons (Fsp3) is 0.346. The summed E-state index contributed by atoms with van der Waals surface area (Å²) in [5, 5.41) is 6.86. The zero-order chi connectivity index (χ0) is 21.8. The molecule has 5 rings (SSSR count). The first-order valence-corrected chi connectivity index (χ1v) is 11.5. The molecule has 0 bridgehead atoms. The Morgan fingerprint density at radius 2 is 1.97 bits per heavy atom. The van der Waals surface area contributed by atoms with Crippen molar-refractivity contribution < 1.29 is 4.79 Å². The number of likely N-dealkylation sites (tertiary alicyclic amines) is 1. The van der Waals surface area contributed by atoms with Gasteiger partial charge in [-0.15, -0.1) is 0 Å². The van der Waals surface area contributed by atoms with E-state index in [1.807, 2.05) is 24.4 Å². The van der Waals surface area contributed by atoms with Gasteiger partial charge < -0.3 is 9.47 Å². The number of carbonyl (C=O) groups is 1. The first kappa shape index (κ1) is 20.5. The summed E-state index contributed by atoms with van der Waals surface area (Å²) in [6.45, 7) is 2.72. The number of aryl methyl sites for hydroxylation is 1. The number of nitrogens with one attached hydrogen (secondary N) is 1. The fourth-order valence-electron chi connectivity index (χ4n) is 4.71. The van der Waals surface area contributed by atoms with Gasteiger partial charge in [0.25, 0.3) is 0 Å². The molecule has 4 aromatic rings. The van der Waals surface area contributed by atoms with Crippen molar-refractivity contribution in [2.45, 2.75) is 38.6 Å². The third kappa shape index (κ3) is 4.59. The van der Waals surface area contributed by atoms with E-state index in [4.69, 9.17) is 4.98 Å². The summed E-state index contributed by atoms with van der Waals surface area (Å²) >= 11 is 0. The van der Waals surface area contributed by atoms with Crippen molar-refractivity contribution in [3.63, 3.8) is 0 Å². The van der Waals surface area contributed by atoms with Crippen LogP contribution in [0.1, 0.15) is 31.2 Å². The molecule has 1 N–H and O–H groups in total. The lowest BCUT2D eigenvalue weighted by Gasteiger charge is -2.21. The van der Waals surface area contributed by atoms with Gasteiger partial charge in [-0.05, 0) is 55.4 Å². The maximum atomic E-state index is 12.8. The molecule has 4 heterocycles. The molecule has 0 aliphatic carbocycles. The summed E-state index contributed by atoms with van der Waals surface area (Å²) in [4.78, 5) is 19.6. The summed E-state index contributed by atoms with van der Waals surface area (Å²) in [7, 11) is 0. The van der Waals surface area contributed by atoms with Crippen molar-refractivity contribution >= 4 is 16.9 Å². The number of hydrogen-bond donors (Lipinski definition) is 1. The van der Waals surface area contributed by atoms with Gasteiger partial charge in [0.15, 0.2) is 0 Å². The van der Waals surface area contributed by atoms with Crippen LogP contribution in [0.2, 0.25) is 0 Å². The number of aromatic amines is 1. The number of carbonyl (C=O) groups excluding carboxylic acids is 1. The zero-order valence-electron chi connectivity index (χ0n) is 18.3. The highest BCUT2D eigenvalue weighted by Crippen LogP contribution is 2.25. The van der Waals surface area contributed by atoms with Gasteiger partial charge in [0.1, 0.15) is 0 Å². The molecule has 6 heteroatoms. The lowest BCUT2D eigenvalue weighted by molar-refractivity contribution is -0.131. The average molecular weight is 428 g/mol. The highest BCUT2D eigenvalue weighted by molar-refractivity contribution is 5.79. The lowest BCUT2D eigenvalue weighted by atomic mass is 10.0. The van der Waals surface area contributed by atoms with E-state index in [1.54, 1.807) is 6.20 Å². The normalized spacial score (nSPS) is 16.9. The molecular weight excluding hydrogens is 398 g/mol. The van der Waals surface area contributed by atoms with Gasteiger partial charge in [-0.25, -0.2) is 4.98 Å². The molecule has 1 fully saturated rings. The van der Waals surface area contributed by atoms with Crippen molar-refractivity contribution in [1.29, 1.82) is 0 Å². The molecule has 0 spiro atoms. The molecule has 32 heavy (non-hydrogen) atoms. The van der Waals surface area contributed by atoms with Crippen LogP contribution in [0, 0.1) is 5.92 Å². The molecule has 1 aromatic carbocycles. The van der Waals surface area contributed by atoms with Crippen LogP contribution in [0.25, 0.3) is 22.3 Å². The molecule has 1 unspecified atom stereocenters. The maximum Gasteiger partial charge on any atom is 0.222 e. The van der Waals surface area contributed by atoms with Crippen LogP contribution in [-0.4, -0.2) is 43.6 Å². The Morgan fingerprint density at radius 3 is 2.81 bits per heavy atom. The highest BCUT2D eigenvalue weighted by atomic mass is 16.2. The van der Waals surface area contributed by atoms with E-state index in [-0.39, 0.29) is 5.91 Å². The van der Waals surface area contributed by atoms with Gasteiger partial charge in [-0.2, -0.15) is 5.10 Å². The quantitative estimate of drug-likeness (QED) is 0.485. The minimum absolute atomic E-state index is 0.289. The van der Waals surface area contributed by atoms with Crippen LogP contribution in [0.5, 0.6) is 0 Å². The predicted octanol–water partition coefficient (Wildman–Crippen LogP) is 4.69. The molecule has 1 aliphatic rings. The Bertz CT molecular complexity index is 1170. The number of benzene rings is 1. The zero-order valence-corrected chi connectivity index (χ0v) is 18.3. The summed E-state index contributed by atoms with van der Waals surface area (Å²) in [6.07, 6.45) is 10.5. The van der Waals surface area contributed by atoms with Crippen molar-refractivity contribution in [2.24, 2.45) is 5.92 Å². The highest BCUT2D eigenvalue weighted by Gasteiger charge is 2.21. The van der Waals surface area contributed by atoms with Crippen LogP contribution in [-0.2, 0) is 17.8 Å². The van der Waals surface area contributed by atoms with Crippen LogP contribution in [0.4, 0.5) is 0 Å². The monoisotopic (exact) mass is 427 g/mol. The smallest absolute Gasteiger partial charge is 0.222 e. The summed E-state index contributed by atoms with van der Waals surface area (Å²) in [6, 6.07) is 16.6. The van der Waals surface area contributed by atoms with Crippen molar-refractivity contribution in [3.05, 3.63) is 72.7 Å². The summed E-state index contributed by atoms with van der Waals surface area (Å²) in [5.74, 6) is 0.864. The molecule has 1 aliphatic heterocycles. The number of fused-ring (bicyclic) bond motifs is 1. The van der Waals surface area contributed by atoms with Gasteiger partial charge in [-0.3, -0.25) is 9.89 Å². The van der Waals surface area contributed by atoms with E-state index in [2.05, 4.69) is 56.2 Å². The Labute approximate surface area is 188 Å². The lowest BCUT2D eigenvalue weighted by Crippen LogP contribution is -2.32. The van der Waals surface area contributed by atoms with Crippen molar-refractivity contribution in [2.75, 3.05) is 13.1 Å². The first-order chi connectivity index (χ1) is 15.8. The Balaban J connectivity index is 1.19. The minimum atomic E-state index is 0.289. The van der Waals surface area contributed by atoms with Gasteiger partial charge in [0.05, 0.1) is 22.9 Å². The third-order valence-corrected chi connectivity index (χ3v) is 6.54. The molecule has 6 nitrogen and oxygen atoms in total. The molecule has 164 valence electrons. The van der Waals surface area contributed by atoms with E-state index in [0.717, 1.165) is 67.6 Å². The molecule has 3 aromatic heterocycles. The van der Waals surface area contributed by atoms with Crippen LogP contribution >= 0.6 is 0 Å². The standard InChI is InChI=1S/C26H29N5O/c32-26(11-8-20-5-2-1-3-6-20)30-14-4-7-21(12-15-30)19-31-16-13-24-25(31)10-9-23(29-24)22-17-27-28-18-22/h1-3,5-6,9-10,13,16-18,21H,4,7-8,11-12,14-15,19H2,(H,27,28). The van der Waals surface area contributed by atoms with Crippen LogP contribution in [0.3, 0.4) is 0 Å². The van der Waals surface area contributed by atoms with Gasteiger partial charge in [0.2, 0.25) is 5.91 Å². The SMILES string of the molecule is O=C(CCc1ccccc1)N1CCCC(Cn2ccc3nc(-c4cn[nH]c4)ccc32)CC1. The predicted molar refractivity (Wildman–Crippen MR) is 126 cm³/mol. The number of amides is 1. The molecule has 0 radical (unpaired) electrons.